The van der Waals surface area contributed by atoms with Crippen LogP contribution < -0.4 is 15.3 Å². The first-order chi connectivity index (χ1) is 12.3. The fraction of sp³-hybridized carbons (Fsp3) is 0.368. The second-order valence-electron chi connectivity index (χ2n) is 5.84. The molecule has 0 amide bonds. The van der Waals surface area contributed by atoms with Gasteiger partial charge < -0.3 is 25.0 Å². The first kappa shape index (κ1) is 19.5. The van der Waals surface area contributed by atoms with E-state index in [1.807, 2.05) is 48.5 Å². The Balaban J connectivity index is 1.78. The van der Waals surface area contributed by atoms with Crippen molar-refractivity contribution in [2.75, 3.05) is 20.2 Å². The molecule has 0 saturated heterocycles. The molecule has 0 saturated carbocycles. The van der Waals surface area contributed by atoms with E-state index in [4.69, 9.17) is 9.39 Å². The molecule has 0 aliphatic carbocycles. The topological polar surface area (TPSA) is 62.8 Å². The molecule has 2 aromatic carbocycles. The van der Waals surface area contributed by atoms with E-state index >= 15 is 0 Å². The molecule has 25 heavy (non-hydrogen) atoms. The Morgan fingerprint density at radius 3 is 2.64 bits per heavy atom. The van der Waals surface area contributed by atoms with Crippen LogP contribution in [-0.2, 0) is 24.4 Å². The lowest BCUT2D eigenvalue weighted by atomic mass is 10.1. The molecule has 3 N–H and O–H groups in total. The summed E-state index contributed by atoms with van der Waals surface area (Å²) in [7, 11) is 2.27. The van der Waals surface area contributed by atoms with Crippen molar-refractivity contribution in [2.24, 2.45) is 0 Å². The summed E-state index contributed by atoms with van der Waals surface area (Å²) in [5, 5.41) is 16.2. The van der Waals surface area contributed by atoms with Crippen molar-refractivity contribution < 1.29 is 14.5 Å². The predicted molar refractivity (Wildman–Crippen MR) is 102 cm³/mol. The monoisotopic (exact) mass is 342 g/mol. The van der Waals surface area contributed by atoms with Crippen LogP contribution in [0.25, 0.3) is 0 Å². The minimum Gasteiger partial charge on any atom is -0.489 e. The normalized spacial score (nSPS) is 10.6. The molecule has 0 aliphatic heterocycles. The van der Waals surface area contributed by atoms with Crippen LogP contribution in [0.15, 0.2) is 48.5 Å². The largest absolute Gasteiger partial charge is 0.489 e. The van der Waals surface area contributed by atoms with Crippen molar-refractivity contribution in [1.82, 2.24) is 10.5 Å². The second kappa shape index (κ2) is 11.7. The highest BCUT2D eigenvalue weighted by molar-refractivity contribution is 6.23. The van der Waals surface area contributed by atoms with Crippen LogP contribution in [0.5, 0.6) is 5.75 Å². The maximum absolute atomic E-state index is 9.61. The number of rotatable bonds is 12. The number of aliphatic hydroxyl groups excluding tert-OH is 1. The van der Waals surface area contributed by atoms with Crippen LogP contribution in [0, 0.1) is 0 Å². The SMILES string of the molecule is COBNCCCNCc1ccc(OCc2ccccc2)c(CO)c1. The maximum Gasteiger partial charge on any atom is 0.360 e. The lowest BCUT2D eigenvalue weighted by Crippen LogP contribution is -2.25. The van der Waals surface area contributed by atoms with E-state index in [0.717, 1.165) is 48.5 Å². The van der Waals surface area contributed by atoms with Gasteiger partial charge in [0, 0.05) is 19.2 Å². The first-order valence-electron chi connectivity index (χ1n) is 8.63. The zero-order valence-electron chi connectivity index (χ0n) is 14.8. The molecule has 0 spiro atoms. The highest BCUT2D eigenvalue weighted by atomic mass is 16.5. The zero-order chi connectivity index (χ0) is 17.7. The van der Waals surface area contributed by atoms with Gasteiger partial charge in [-0.15, -0.1) is 0 Å². The number of hydrogen-bond acceptors (Lipinski definition) is 5. The van der Waals surface area contributed by atoms with Gasteiger partial charge in [0.1, 0.15) is 12.4 Å². The highest BCUT2D eigenvalue weighted by Crippen LogP contribution is 2.21. The third kappa shape index (κ3) is 7.28. The summed E-state index contributed by atoms with van der Waals surface area (Å²) in [6.45, 7) is 3.10. The van der Waals surface area contributed by atoms with E-state index in [1.165, 1.54) is 0 Å². The standard InChI is InChI=1S/C19H27BN2O3/c1-24-20-22-11-5-10-21-13-17-8-9-19(18(12-17)14-23)25-15-16-6-3-2-4-7-16/h2-4,6-9,12,20-23H,5,10-11,13-15H2,1H3. The minimum absolute atomic E-state index is 0.0289. The summed E-state index contributed by atoms with van der Waals surface area (Å²) in [6.07, 6.45) is 1.04. The van der Waals surface area contributed by atoms with Gasteiger partial charge in [-0.05, 0) is 42.8 Å². The fourth-order valence-electron chi connectivity index (χ4n) is 2.49. The molecule has 134 valence electrons. The first-order valence-corrected chi connectivity index (χ1v) is 8.63. The third-order valence-electron chi connectivity index (χ3n) is 3.82. The van der Waals surface area contributed by atoms with Crippen molar-refractivity contribution in [3.63, 3.8) is 0 Å². The Morgan fingerprint density at radius 2 is 1.88 bits per heavy atom. The number of aliphatic hydroxyl groups is 1. The van der Waals surface area contributed by atoms with Gasteiger partial charge in [0.15, 0.2) is 0 Å². The van der Waals surface area contributed by atoms with E-state index in [2.05, 4.69) is 10.5 Å². The Morgan fingerprint density at radius 1 is 1.04 bits per heavy atom. The molecular weight excluding hydrogens is 315 g/mol. The summed E-state index contributed by atoms with van der Waals surface area (Å²) in [5.41, 5.74) is 3.07. The molecule has 2 rings (SSSR count). The maximum atomic E-state index is 9.61. The molecule has 0 aromatic heterocycles. The Kier molecular flexibility index (Phi) is 9.08. The molecule has 0 fully saturated rings. The summed E-state index contributed by atoms with van der Waals surface area (Å²) in [5.74, 6) is 0.735. The Bertz CT molecular complexity index is 611. The van der Waals surface area contributed by atoms with Gasteiger partial charge in [0.05, 0.1) is 6.61 Å². The Hall–Kier alpha value is -1.86. The smallest absolute Gasteiger partial charge is 0.360 e. The quantitative estimate of drug-likeness (QED) is 0.405. The summed E-state index contributed by atoms with van der Waals surface area (Å²) in [6, 6.07) is 16.0. The molecule has 0 aliphatic rings. The molecule has 0 heterocycles. The van der Waals surface area contributed by atoms with Crippen LogP contribution in [0.1, 0.15) is 23.1 Å². The molecule has 6 heteroatoms. The lowest BCUT2D eigenvalue weighted by molar-refractivity contribution is 0.259. The van der Waals surface area contributed by atoms with Crippen molar-refractivity contribution in [1.29, 1.82) is 0 Å². The number of ether oxygens (including phenoxy) is 1. The number of hydrogen-bond donors (Lipinski definition) is 3. The summed E-state index contributed by atoms with van der Waals surface area (Å²) in [4.78, 5) is 0. The lowest BCUT2D eigenvalue weighted by Gasteiger charge is -2.12. The van der Waals surface area contributed by atoms with Crippen molar-refractivity contribution in [3.05, 3.63) is 65.2 Å². The van der Waals surface area contributed by atoms with Gasteiger partial charge >= 0.3 is 7.62 Å². The van der Waals surface area contributed by atoms with Gasteiger partial charge in [0.2, 0.25) is 0 Å². The average Bonchev–Trinajstić information content (AvgIpc) is 2.66. The fourth-order valence-corrected chi connectivity index (χ4v) is 2.49. The van der Waals surface area contributed by atoms with Crippen LogP contribution in [0.3, 0.4) is 0 Å². The van der Waals surface area contributed by atoms with Crippen LogP contribution in [-0.4, -0.2) is 32.9 Å². The Labute approximate surface area is 150 Å². The van der Waals surface area contributed by atoms with Crippen LogP contribution >= 0.6 is 0 Å². The molecule has 0 atom stereocenters. The molecule has 5 nitrogen and oxygen atoms in total. The molecular formula is C19H27BN2O3. The van der Waals surface area contributed by atoms with Gasteiger partial charge in [-0.1, -0.05) is 36.4 Å². The van der Waals surface area contributed by atoms with E-state index < -0.39 is 0 Å². The molecule has 0 bridgehead atoms. The average molecular weight is 342 g/mol. The van der Waals surface area contributed by atoms with Gasteiger partial charge in [0.25, 0.3) is 0 Å². The minimum atomic E-state index is -0.0289. The van der Waals surface area contributed by atoms with E-state index in [0.29, 0.717) is 14.2 Å². The highest BCUT2D eigenvalue weighted by Gasteiger charge is 2.05. The molecule has 0 unspecified atom stereocenters. The summed E-state index contributed by atoms with van der Waals surface area (Å²) >= 11 is 0. The van der Waals surface area contributed by atoms with Gasteiger partial charge in [-0.2, -0.15) is 0 Å². The van der Waals surface area contributed by atoms with E-state index in [9.17, 15) is 5.11 Å². The zero-order valence-corrected chi connectivity index (χ0v) is 14.8. The van der Waals surface area contributed by atoms with Crippen LogP contribution in [0.2, 0.25) is 0 Å². The number of benzene rings is 2. The second-order valence-corrected chi connectivity index (χ2v) is 5.84. The summed E-state index contributed by atoms with van der Waals surface area (Å²) < 4.78 is 10.8. The van der Waals surface area contributed by atoms with E-state index in [-0.39, 0.29) is 6.61 Å². The van der Waals surface area contributed by atoms with Gasteiger partial charge in [-0.3, -0.25) is 0 Å². The van der Waals surface area contributed by atoms with Crippen molar-refractivity contribution in [2.45, 2.75) is 26.2 Å². The third-order valence-corrected chi connectivity index (χ3v) is 3.82. The molecule has 2 aromatic rings. The van der Waals surface area contributed by atoms with E-state index in [1.54, 1.807) is 7.11 Å². The van der Waals surface area contributed by atoms with Crippen molar-refractivity contribution >= 4 is 7.62 Å². The van der Waals surface area contributed by atoms with Crippen molar-refractivity contribution in [3.8, 4) is 5.75 Å². The molecule has 0 radical (unpaired) electrons. The number of nitrogens with one attached hydrogen (secondary N) is 2. The van der Waals surface area contributed by atoms with Crippen LogP contribution in [0.4, 0.5) is 0 Å². The predicted octanol–water partition coefficient (Wildman–Crippen LogP) is 1.74. The van der Waals surface area contributed by atoms with Gasteiger partial charge in [-0.25, -0.2) is 0 Å².